The van der Waals surface area contributed by atoms with Crippen molar-refractivity contribution in [2.45, 2.75) is 52.7 Å². The van der Waals surface area contributed by atoms with E-state index in [9.17, 15) is 9.59 Å². The number of halogens is 1. The lowest BCUT2D eigenvalue weighted by Gasteiger charge is -2.63. The molecular formula is C33H44ClN7O3. The molecule has 3 fully saturated rings. The summed E-state index contributed by atoms with van der Waals surface area (Å²) in [5, 5.41) is 3.61. The molecule has 0 bridgehead atoms. The standard InChI is InChI=1S/C33H44ClN7O3/c1-32(2)30(33(3,4)31(32)44-24-7-8-26(36-5)25(34)18-24)38-29(43)23-6-9-28(37-19-23)41-13-11-22(20-41)10-12-39-14-16-40(17-15-39)21-27(35)42/h6-9,18-19,22,30-31H,10-17,20-21H2,1-4H3,(H2,35,42)(H,38,43). The van der Waals surface area contributed by atoms with Crippen LogP contribution in [0.5, 0.6) is 5.75 Å². The fraction of sp³-hybridized carbons (Fsp3) is 0.576. The van der Waals surface area contributed by atoms with Gasteiger partial charge in [0.05, 0.1) is 23.7 Å². The highest BCUT2D eigenvalue weighted by Crippen LogP contribution is 2.55. The molecule has 0 spiro atoms. The molecule has 1 unspecified atom stereocenters. The molecule has 10 nitrogen and oxygen atoms in total. The molecule has 1 atom stereocenters. The van der Waals surface area contributed by atoms with Crippen LogP contribution >= 0.6 is 11.6 Å². The largest absolute Gasteiger partial charge is 0.489 e. The zero-order valence-electron chi connectivity index (χ0n) is 26.2. The van der Waals surface area contributed by atoms with Crippen LogP contribution in [0.3, 0.4) is 0 Å². The Kier molecular flexibility index (Phi) is 9.40. The van der Waals surface area contributed by atoms with E-state index in [1.807, 2.05) is 12.1 Å². The average molecular weight is 622 g/mol. The highest BCUT2D eigenvalue weighted by molar-refractivity contribution is 6.33. The number of piperazine rings is 1. The Balaban J connectivity index is 1.10. The SMILES string of the molecule is [C-]#[N+]c1ccc(OC2C(C)(C)C(NC(=O)c3ccc(N4CCC(CCN5CCN(CC(N)=O)CC5)C4)nc3)C2(C)C)cc1Cl. The Morgan fingerprint density at radius 1 is 1.09 bits per heavy atom. The molecule has 2 aromatic rings. The predicted octanol–water partition coefficient (Wildman–Crippen LogP) is 4.22. The number of anilines is 1. The number of primary amides is 1. The van der Waals surface area contributed by atoms with Crippen molar-refractivity contribution in [3.8, 4) is 5.75 Å². The maximum atomic E-state index is 13.3. The van der Waals surface area contributed by atoms with Crippen molar-refractivity contribution in [3.05, 3.63) is 58.5 Å². The molecule has 1 saturated carbocycles. The van der Waals surface area contributed by atoms with E-state index in [4.69, 9.17) is 28.6 Å². The molecule has 2 saturated heterocycles. The van der Waals surface area contributed by atoms with E-state index in [2.05, 4.69) is 57.5 Å². The molecule has 1 aromatic heterocycles. The van der Waals surface area contributed by atoms with Crippen LogP contribution in [0.1, 0.15) is 50.9 Å². The van der Waals surface area contributed by atoms with Crippen molar-refractivity contribution in [3.63, 3.8) is 0 Å². The summed E-state index contributed by atoms with van der Waals surface area (Å²) in [6, 6.07) is 8.82. The normalized spacial score (nSPS) is 24.7. The Morgan fingerprint density at radius 2 is 1.80 bits per heavy atom. The number of hydrogen-bond acceptors (Lipinski definition) is 7. The van der Waals surface area contributed by atoms with Crippen molar-refractivity contribution in [2.24, 2.45) is 22.5 Å². The van der Waals surface area contributed by atoms with Crippen LogP contribution in [-0.2, 0) is 4.79 Å². The molecule has 3 N–H and O–H groups in total. The van der Waals surface area contributed by atoms with E-state index >= 15 is 0 Å². The number of benzene rings is 1. The number of pyridine rings is 1. The van der Waals surface area contributed by atoms with Crippen LogP contribution in [0.15, 0.2) is 36.5 Å². The van der Waals surface area contributed by atoms with Gasteiger partial charge in [0.15, 0.2) is 0 Å². The van der Waals surface area contributed by atoms with Crippen molar-refractivity contribution >= 4 is 34.9 Å². The van der Waals surface area contributed by atoms with Gasteiger partial charge in [-0.3, -0.25) is 14.5 Å². The molecular weight excluding hydrogens is 578 g/mol. The Morgan fingerprint density at radius 3 is 2.41 bits per heavy atom. The molecule has 5 rings (SSSR count). The number of nitrogens with zero attached hydrogens (tertiary/aromatic N) is 5. The van der Waals surface area contributed by atoms with E-state index in [-0.39, 0.29) is 34.8 Å². The average Bonchev–Trinajstić information content (AvgIpc) is 3.47. The van der Waals surface area contributed by atoms with Gasteiger partial charge in [0.2, 0.25) is 11.6 Å². The van der Waals surface area contributed by atoms with Gasteiger partial charge in [-0.05, 0) is 49.6 Å². The molecule has 2 amide bonds. The molecule has 3 heterocycles. The summed E-state index contributed by atoms with van der Waals surface area (Å²) in [5.74, 6) is 1.73. The van der Waals surface area contributed by atoms with E-state index in [1.54, 1.807) is 24.4 Å². The van der Waals surface area contributed by atoms with E-state index < -0.39 is 0 Å². The van der Waals surface area contributed by atoms with Gasteiger partial charge in [-0.2, -0.15) is 0 Å². The molecule has 44 heavy (non-hydrogen) atoms. The fourth-order valence-corrected chi connectivity index (χ4v) is 7.76. The minimum Gasteiger partial charge on any atom is -0.489 e. The number of amides is 2. The van der Waals surface area contributed by atoms with E-state index in [0.29, 0.717) is 34.5 Å². The molecule has 2 aliphatic heterocycles. The van der Waals surface area contributed by atoms with Gasteiger partial charge in [0.25, 0.3) is 5.91 Å². The van der Waals surface area contributed by atoms with Gasteiger partial charge in [0, 0.05) is 62.3 Å². The van der Waals surface area contributed by atoms with Gasteiger partial charge in [-0.1, -0.05) is 45.4 Å². The maximum Gasteiger partial charge on any atom is 0.253 e. The van der Waals surface area contributed by atoms with Crippen molar-refractivity contribution in [1.29, 1.82) is 0 Å². The molecule has 1 aromatic carbocycles. The third kappa shape index (κ3) is 6.80. The minimum absolute atomic E-state index is 0.115. The summed E-state index contributed by atoms with van der Waals surface area (Å²) in [7, 11) is 0. The second-order valence-electron chi connectivity index (χ2n) is 13.7. The fourth-order valence-electron chi connectivity index (χ4n) is 7.54. The lowest BCUT2D eigenvalue weighted by atomic mass is 9.49. The van der Waals surface area contributed by atoms with Crippen molar-refractivity contribution in [2.75, 3.05) is 57.3 Å². The van der Waals surface area contributed by atoms with E-state index in [1.165, 1.54) is 0 Å². The summed E-state index contributed by atoms with van der Waals surface area (Å²) in [6.07, 6.45) is 3.79. The predicted molar refractivity (Wildman–Crippen MR) is 172 cm³/mol. The Hall–Kier alpha value is -3.39. The second kappa shape index (κ2) is 12.9. The molecule has 0 radical (unpaired) electrons. The van der Waals surface area contributed by atoms with Crippen molar-refractivity contribution in [1.82, 2.24) is 20.1 Å². The lowest BCUT2D eigenvalue weighted by Crippen LogP contribution is -2.74. The van der Waals surface area contributed by atoms with E-state index in [0.717, 1.165) is 64.5 Å². The first-order valence-electron chi connectivity index (χ1n) is 15.5. The number of carbonyl (C=O) groups excluding carboxylic acids is 2. The molecule has 1 aliphatic carbocycles. The summed E-state index contributed by atoms with van der Waals surface area (Å²) >= 11 is 6.23. The monoisotopic (exact) mass is 621 g/mol. The Bertz CT molecular complexity index is 1380. The minimum atomic E-state index is -0.334. The molecule has 236 valence electrons. The van der Waals surface area contributed by atoms with Gasteiger partial charge in [-0.25, -0.2) is 9.83 Å². The smallest absolute Gasteiger partial charge is 0.253 e. The van der Waals surface area contributed by atoms with Gasteiger partial charge in [0.1, 0.15) is 17.7 Å². The van der Waals surface area contributed by atoms with Gasteiger partial charge >= 0.3 is 0 Å². The first-order chi connectivity index (χ1) is 20.9. The summed E-state index contributed by atoms with van der Waals surface area (Å²) < 4.78 is 6.35. The van der Waals surface area contributed by atoms with Crippen molar-refractivity contribution < 1.29 is 14.3 Å². The second-order valence-corrected chi connectivity index (χ2v) is 14.1. The number of ether oxygens (including phenoxy) is 1. The van der Waals surface area contributed by atoms with Gasteiger partial charge < -0.3 is 25.6 Å². The third-order valence-electron chi connectivity index (χ3n) is 9.73. The number of nitrogens with two attached hydrogens (primary N) is 1. The first kappa shape index (κ1) is 32.0. The van der Waals surface area contributed by atoms with Crippen LogP contribution in [0, 0.1) is 23.3 Å². The summed E-state index contributed by atoms with van der Waals surface area (Å²) in [4.78, 5) is 39.5. The summed E-state index contributed by atoms with van der Waals surface area (Å²) in [5.41, 5.74) is 5.59. The zero-order valence-corrected chi connectivity index (χ0v) is 26.9. The summed E-state index contributed by atoms with van der Waals surface area (Å²) in [6.45, 7) is 22.7. The highest BCUT2D eigenvalue weighted by atomic mass is 35.5. The van der Waals surface area contributed by atoms with Gasteiger partial charge in [-0.15, -0.1) is 0 Å². The van der Waals surface area contributed by atoms with Crippen LogP contribution < -0.4 is 20.7 Å². The number of hydrogen-bond donors (Lipinski definition) is 2. The topological polar surface area (TPSA) is 108 Å². The first-order valence-corrected chi connectivity index (χ1v) is 15.8. The van der Waals surface area contributed by atoms with Crippen LogP contribution in [0.4, 0.5) is 11.5 Å². The van der Waals surface area contributed by atoms with Crippen LogP contribution in [0.25, 0.3) is 4.85 Å². The highest BCUT2D eigenvalue weighted by Gasteiger charge is 2.64. The zero-order chi connectivity index (χ0) is 31.6. The number of carbonyl (C=O) groups is 2. The quantitative estimate of drug-likeness (QED) is 0.383. The van der Waals surface area contributed by atoms with Crippen LogP contribution in [-0.4, -0.2) is 91.1 Å². The van der Waals surface area contributed by atoms with Crippen LogP contribution in [0.2, 0.25) is 5.02 Å². The maximum absolute atomic E-state index is 13.3. The third-order valence-corrected chi connectivity index (χ3v) is 10.0. The molecule has 11 heteroatoms. The number of aromatic nitrogens is 1. The Labute approximate surface area is 265 Å². The number of nitrogens with one attached hydrogen (secondary N) is 1. The lowest BCUT2D eigenvalue weighted by molar-refractivity contribution is -0.164. The number of rotatable bonds is 10. The molecule has 3 aliphatic rings.